The molecular formula is C18H21N3O4. The third kappa shape index (κ3) is 4.26. The van der Waals surface area contributed by atoms with Crippen LogP contribution >= 0.6 is 0 Å². The fraction of sp³-hybridized carbons (Fsp3) is 0.278. The van der Waals surface area contributed by atoms with Crippen molar-refractivity contribution < 1.29 is 14.5 Å². The van der Waals surface area contributed by atoms with Crippen LogP contribution in [-0.4, -0.2) is 36.9 Å². The smallest absolute Gasteiger partial charge is 0.270 e. The van der Waals surface area contributed by atoms with Gasteiger partial charge in [-0.2, -0.15) is 0 Å². The van der Waals surface area contributed by atoms with Crippen LogP contribution in [0, 0.1) is 17.0 Å². The number of amides is 1. The first-order chi connectivity index (χ1) is 11.8. The minimum atomic E-state index is -0.440. The Bertz CT molecular complexity index is 803. The lowest BCUT2D eigenvalue weighted by molar-refractivity contribution is -0.384. The molecule has 0 aliphatic rings. The van der Waals surface area contributed by atoms with Crippen LogP contribution in [0.4, 0.5) is 11.4 Å². The Kier molecular flexibility index (Phi) is 5.59. The number of nitro benzene ring substituents is 1. The Hall–Kier alpha value is -3.09. The van der Waals surface area contributed by atoms with Crippen molar-refractivity contribution in [3.63, 3.8) is 0 Å². The summed E-state index contributed by atoms with van der Waals surface area (Å²) < 4.78 is 5.27. The summed E-state index contributed by atoms with van der Waals surface area (Å²) in [5, 5.41) is 14.2. The fourth-order valence-electron chi connectivity index (χ4n) is 2.41. The molecule has 0 spiro atoms. The standard InChI is InChI=1S/C18H21N3O4/c1-12-5-6-13(18(22)20(2)3)10-16(12)19-11-14-9-15(21(23)24)7-8-17(14)25-4/h5-10,19H,11H2,1-4H3. The first-order valence-corrected chi connectivity index (χ1v) is 7.71. The quantitative estimate of drug-likeness (QED) is 0.643. The Morgan fingerprint density at radius 1 is 1.24 bits per heavy atom. The molecule has 2 aromatic rings. The second kappa shape index (κ2) is 7.65. The van der Waals surface area contributed by atoms with E-state index in [2.05, 4.69) is 5.32 Å². The molecule has 1 N–H and O–H groups in total. The Morgan fingerprint density at radius 3 is 2.56 bits per heavy atom. The zero-order valence-electron chi connectivity index (χ0n) is 14.7. The number of methoxy groups -OCH3 is 1. The van der Waals surface area contributed by atoms with Gasteiger partial charge in [0.25, 0.3) is 11.6 Å². The van der Waals surface area contributed by atoms with E-state index < -0.39 is 4.92 Å². The lowest BCUT2D eigenvalue weighted by Gasteiger charge is -2.15. The Morgan fingerprint density at radius 2 is 1.96 bits per heavy atom. The van der Waals surface area contributed by atoms with E-state index in [0.29, 0.717) is 23.4 Å². The molecule has 1 amide bonds. The number of hydrogen-bond donors (Lipinski definition) is 1. The monoisotopic (exact) mass is 343 g/mol. The van der Waals surface area contributed by atoms with Gasteiger partial charge < -0.3 is 15.0 Å². The van der Waals surface area contributed by atoms with Crippen molar-refractivity contribution in [2.75, 3.05) is 26.5 Å². The van der Waals surface area contributed by atoms with E-state index in [1.807, 2.05) is 13.0 Å². The van der Waals surface area contributed by atoms with Gasteiger partial charge in [0, 0.05) is 49.6 Å². The minimum absolute atomic E-state index is 0.00542. The van der Waals surface area contributed by atoms with Crippen LogP contribution in [0.2, 0.25) is 0 Å². The molecule has 0 aliphatic carbocycles. The van der Waals surface area contributed by atoms with Gasteiger partial charge in [0.1, 0.15) is 5.75 Å². The predicted octanol–water partition coefficient (Wildman–Crippen LogP) is 3.23. The molecule has 0 aliphatic heterocycles. The number of ether oxygens (including phenoxy) is 1. The predicted molar refractivity (Wildman–Crippen MR) is 96.2 cm³/mol. The number of nitrogens with one attached hydrogen (secondary N) is 1. The van der Waals surface area contributed by atoms with Crippen molar-refractivity contribution in [2.24, 2.45) is 0 Å². The van der Waals surface area contributed by atoms with Crippen LogP contribution in [0.3, 0.4) is 0 Å². The zero-order valence-corrected chi connectivity index (χ0v) is 14.7. The number of non-ortho nitro benzene ring substituents is 1. The van der Waals surface area contributed by atoms with Gasteiger partial charge in [-0.15, -0.1) is 0 Å². The van der Waals surface area contributed by atoms with Crippen LogP contribution in [-0.2, 0) is 6.54 Å². The maximum absolute atomic E-state index is 12.1. The average molecular weight is 343 g/mol. The molecule has 0 aromatic heterocycles. The third-order valence-corrected chi connectivity index (χ3v) is 3.83. The SMILES string of the molecule is COc1ccc([N+](=O)[O-])cc1CNc1cc(C(=O)N(C)C)ccc1C. The van der Waals surface area contributed by atoms with E-state index in [1.54, 1.807) is 32.3 Å². The summed E-state index contributed by atoms with van der Waals surface area (Å²) >= 11 is 0. The molecule has 7 heteroatoms. The molecule has 0 saturated carbocycles. The molecule has 0 heterocycles. The van der Waals surface area contributed by atoms with Crippen molar-refractivity contribution in [1.82, 2.24) is 4.90 Å². The molecule has 0 bridgehead atoms. The molecule has 0 atom stereocenters. The van der Waals surface area contributed by atoms with Crippen LogP contribution < -0.4 is 10.1 Å². The zero-order chi connectivity index (χ0) is 18.6. The van der Waals surface area contributed by atoms with E-state index in [0.717, 1.165) is 11.3 Å². The number of carbonyl (C=O) groups is 1. The van der Waals surface area contributed by atoms with Crippen LogP contribution in [0.1, 0.15) is 21.5 Å². The highest BCUT2D eigenvalue weighted by atomic mass is 16.6. The second-order valence-electron chi connectivity index (χ2n) is 5.84. The summed E-state index contributed by atoms with van der Waals surface area (Å²) in [7, 11) is 4.92. The fourth-order valence-corrected chi connectivity index (χ4v) is 2.41. The van der Waals surface area contributed by atoms with Gasteiger partial charge in [0.15, 0.2) is 0 Å². The topological polar surface area (TPSA) is 84.7 Å². The molecule has 0 radical (unpaired) electrons. The first-order valence-electron chi connectivity index (χ1n) is 7.71. The van der Waals surface area contributed by atoms with E-state index in [9.17, 15) is 14.9 Å². The maximum atomic E-state index is 12.1. The largest absolute Gasteiger partial charge is 0.496 e. The lowest BCUT2D eigenvalue weighted by Crippen LogP contribution is -2.21. The number of nitro groups is 1. The molecule has 2 aromatic carbocycles. The van der Waals surface area contributed by atoms with Gasteiger partial charge in [-0.3, -0.25) is 14.9 Å². The molecule has 2 rings (SSSR count). The van der Waals surface area contributed by atoms with E-state index >= 15 is 0 Å². The summed E-state index contributed by atoms with van der Waals surface area (Å²) in [5.41, 5.74) is 3.01. The van der Waals surface area contributed by atoms with Crippen LogP contribution in [0.5, 0.6) is 5.75 Å². The van der Waals surface area contributed by atoms with Gasteiger partial charge >= 0.3 is 0 Å². The Labute approximate surface area is 146 Å². The lowest BCUT2D eigenvalue weighted by atomic mass is 10.1. The van der Waals surface area contributed by atoms with Gasteiger partial charge in [-0.1, -0.05) is 6.07 Å². The van der Waals surface area contributed by atoms with Gasteiger partial charge in [-0.25, -0.2) is 0 Å². The van der Waals surface area contributed by atoms with Crippen molar-refractivity contribution in [2.45, 2.75) is 13.5 Å². The number of aryl methyl sites for hydroxylation is 1. The number of benzene rings is 2. The molecule has 132 valence electrons. The van der Waals surface area contributed by atoms with Crippen molar-refractivity contribution in [3.8, 4) is 5.75 Å². The average Bonchev–Trinajstić information content (AvgIpc) is 2.59. The number of nitrogens with zero attached hydrogens (tertiary/aromatic N) is 2. The van der Waals surface area contributed by atoms with Crippen molar-refractivity contribution in [1.29, 1.82) is 0 Å². The summed E-state index contributed by atoms with van der Waals surface area (Å²) in [6.07, 6.45) is 0. The second-order valence-corrected chi connectivity index (χ2v) is 5.84. The summed E-state index contributed by atoms with van der Waals surface area (Å²) in [5.74, 6) is 0.479. The number of rotatable bonds is 6. The summed E-state index contributed by atoms with van der Waals surface area (Å²) in [4.78, 5) is 24.1. The van der Waals surface area contributed by atoms with Gasteiger partial charge in [-0.05, 0) is 30.7 Å². The van der Waals surface area contributed by atoms with Crippen LogP contribution in [0.15, 0.2) is 36.4 Å². The number of anilines is 1. The molecule has 0 saturated heterocycles. The molecule has 7 nitrogen and oxygen atoms in total. The normalized spacial score (nSPS) is 10.2. The third-order valence-electron chi connectivity index (χ3n) is 3.83. The van der Waals surface area contributed by atoms with Gasteiger partial charge in [0.2, 0.25) is 0 Å². The Balaban J connectivity index is 2.26. The number of carbonyl (C=O) groups excluding carboxylic acids is 1. The van der Waals surface area contributed by atoms with Crippen molar-refractivity contribution in [3.05, 3.63) is 63.2 Å². The molecular weight excluding hydrogens is 322 g/mol. The highest BCUT2D eigenvalue weighted by molar-refractivity contribution is 5.95. The molecule has 0 fully saturated rings. The van der Waals surface area contributed by atoms with E-state index in [-0.39, 0.29) is 11.6 Å². The van der Waals surface area contributed by atoms with Crippen molar-refractivity contribution >= 4 is 17.3 Å². The highest BCUT2D eigenvalue weighted by Gasteiger charge is 2.13. The molecule has 25 heavy (non-hydrogen) atoms. The molecule has 0 unspecified atom stereocenters. The summed E-state index contributed by atoms with van der Waals surface area (Å²) in [6, 6.07) is 9.88. The van der Waals surface area contributed by atoms with Crippen LogP contribution in [0.25, 0.3) is 0 Å². The maximum Gasteiger partial charge on any atom is 0.270 e. The van der Waals surface area contributed by atoms with E-state index in [1.165, 1.54) is 24.1 Å². The van der Waals surface area contributed by atoms with Gasteiger partial charge in [0.05, 0.1) is 12.0 Å². The van der Waals surface area contributed by atoms with E-state index in [4.69, 9.17) is 4.74 Å². The number of hydrogen-bond acceptors (Lipinski definition) is 5. The summed E-state index contributed by atoms with van der Waals surface area (Å²) in [6.45, 7) is 2.27. The highest BCUT2D eigenvalue weighted by Crippen LogP contribution is 2.26. The first kappa shape index (κ1) is 18.3. The minimum Gasteiger partial charge on any atom is -0.496 e.